The summed E-state index contributed by atoms with van der Waals surface area (Å²) in [7, 11) is 0. The van der Waals surface area contributed by atoms with Crippen molar-refractivity contribution in [3.05, 3.63) is 82.8 Å². The molecule has 0 amide bonds. The number of nitrogens with one attached hydrogen (secondary N) is 2. The van der Waals surface area contributed by atoms with Crippen LogP contribution in [0.1, 0.15) is 94.1 Å². The average Bonchev–Trinajstić information content (AvgIpc) is 3.57. The standard InChI is InChI=1S/C37H50N5O4/c38-37-40-21-18-34(42-37)32(26-36(45)46)33(41-35-11-9-20-39-35)17-16-28(10-7-5-3-1-2-4-6-8-22-43)30-15-14-29-13-12-27(19-23-44)24-31(29)25-30/h9,11-15,20,23-26,28,33-34,39,43H,1-8,10,16-19,21-22H2,(H,45,46)(H3,38,40,42)/q-1/b32-26-/t28-,33-,34+/m0/s1. The fraction of sp³-hybridized carbons (Fsp3) is 0.486. The zero-order valence-electron chi connectivity index (χ0n) is 26.9. The Morgan fingerprint density at radius 1 is 0.978 bits per heavy atom. The molecule has 1 aromatic heterocycles. The van der Waals surface area contributed by atoms with Gasteiger partial charge in [-0.05, 0) is 71.5 Å². The number of aliphatic hydroxyl groups is 1. The van der Waals surface area contributed by atoms with E-state index in [1.165, 1.54) is 43.7 Å². The summed E-state index contributed by atoms with van der Waals surface area (Å²) in [4.78, 5) is 30.6. The van der Waals surface area contributed by atoms with E-state index in [0.717, 1.165) is 54.7 Å². The van der Waals surface area contributed by atoms with Crippen LogP contribution in [0.15, 0.2) is 71.4 Å². The predicted molar refractivity (Wildman–Crippen MR) is 186 cm³/mol. The van der Waals surface area contributed by atoms with Gasteiger partial charge in [0.25, 0.3) is 0 Å². The van der Waals surface area contributed by atoms with Gasteiger partial charge in [0.05, 0.1) is 6.04 Å². The van der Waals surface area contributed by atoms with E-state index in [2.05, 4.69) is 45.6 Å². The molecule has 0 fully saturated rings. The molecule has 2 aromatic carbocycles. The summed E-state index contributed by atoms with van der Waals surface area (Å²) in [5.41, 5.74) is 8.99. The van der Waals surface area contributed by atoms with E-state index in [9.17, 15) is 14.7 Å². The molecule has 9 heteroatoms. The van der Waals surface area contributed by atoms with Gasteiger partial charge in [-0.25, -0.2) is 4.79 Å². The van der Waals surface area contributed by atoms with Crippen LogP contribution in [-0.4, -0.2) is 58.6 Å². The molecule has 0 saturated heterocycles. The Labute approximate surface area is 272 Å². The average molecular weight is 629 g/mol. The Morgan fingerprint density at radius 3 is 2.43 bits per heavy atom. The second-order valence-electron chi connectivity index (χ2n) is 12.4. The molecule has 46 heavy (non-hydrogen) atoms. The van der Waals surface area contributed by atoms with Crippen molar-refractivity contribution in [2.45, 2.75) is 101 Å². The molecule has 0 spiro atoms. The lowest BCUT2D eigenvalue weighted by molar-refractivity contribution is -0.131. The first-order chi connectivity index (χ1) is 22.5. The summed E-state index contributed by atoms with van der Waals surface area (Å²) in [6.45, 7) is 0.809. The number of hydrogen-bond acceptors (Lipinski definition) is 6. The number of H-pyrrole nitrogens is 1. The Balaban J connectivity index is 1.54. The van der Waals surface area contributed by atoms with Crippen LogP contribution in [0, 0.1) is 0 Å². The van der Waals surface area contributed by atoms with Crippen LogP contribution in [0.5, 0.6) is 0 Å². The van der Waals surface area contributed by atoms with Gasteiger partial charge in [0.1, 0.15) is 6.29 Å². The molecule has 1 aliphatic rings. The number of unbranched alkanes of at least 4 members (excludes halogenated alkanes) is 7. The number of nitrogens with zero attached hydrogens (tertiary/aromatic N) is 2. The third kappa shape index (κ3) is 11.1. The minimum Gasteiger partial charge on any atom is -0.478 e. The van der Waals surface area contributed by atoms with Gasteiger partial charge in [-0.3, -0.25) is 4.99 Å². The van der Waals surface area contributed by atoms with Crippen LogP contribution in [-0.2, 0) is 16.0 Å². The lowest BCUT2D eigenvalue weighted by atomic mass is 9.84. The number of fused-ring (bicyclic) bond motifs is 1. The van der Waals surface area contributed by atoms with E-state index in [0.29, 0.717) is 43.2 Å². The van der Waals surface area contributed by atoms with E-state index in [1.54, 1.807) is 0 Å². The van der Waals surface area contributed by atoms with Crippen molar-refractivity contribution >= 4 is 34.8 Å². The molecule has 2 heterocycles. The van der Waals surface area contributed by atoms with Gasteiger partial charge in [-0.2, -0.15) is 0 Å². The number of aromatic nitrogens is 1. The quantitative estimate of drug-likeness (QED) is 0.0484. The smallest absolute Gasteiger partial charge is 0.328 e. The maximum Gasteiger partial charge on any atom is 0.328 e. The monoisotopic (exact) mass is 628 g/mol. The number of aromatic amines is 1. The summed E-state index contributed by atoms with van der Waals surface area (Å²) < 4.78 is 0. The molecular formula is C37H50N5O4-. The maximum atomic E-state index is 12.1. The normalized spacial score (nSPS) is 16.4. The van der Waals surface area contributed by atoms with Crippen molar-refractivity contribution in [2.24, 2.45) is 10.7 Å². The lowest BCUT2D eigenvalue weighted by Crippen LogP contribution is -2.46. The van der Waals surface area contributed by atoms with Crippen LogP contribution < -0.4 is 11.1 Å². The molecule has 0 saturated carbocycles. The van der Waals surface area contributed by atoms with Gasteiger partial charge < -0.3 is 36.4 Å². The first-order valence-corrected chi connectivity index (χ1v) is 16.9. The number of rotatable bonds is 21. The molecule has 9 nitrogen and oxygen atoms in total. The Hall–Kier alpha value is -4.11. The molecule has 0 aliphatic carbocycles. The van der Waals surface area contributed by atoms with Crippen LogP contribution >= 0.6 is 0 Å². The number of aliphatic hydroxyl groups excluding tert-OH is 1. The van der Waals surface area contributed by atoms with E-state index in [1.807, 2.05) is 24.4 Å². The minimum absolute atomic E-state index is 0.259. The highest BCUT2D eigenvalue weighted by molar-refractivity contribution is 5.85. The minimum atomic E-state index is -1.00. The number of guanidine groups is 1. The number of nitrogens with two attached hydrogens (primary N) is 1. The lowest BCUT2D eigenvalue weighted by Gasteiger charge is -2.35. The fourth-order valence-electron chi connectivity index (χ4n) is 6.50. The van der Waals surface area contributed by atoms with Gasteiger partial charge in [-0.15, -0.1) is 0 Å². The van der Waals surface area contributed by atoms with Crippen molar-refractivity contribution < 1.29 is 19.8 Å². The first-order valence-electron chi connectivity index (χ1n) is 16.9. The molecule has 0 unspecified atom stereocenters. The number of benzene rings is 2. The van der Waals surface area contributed by atoms with Crippen molar-refractivity contribution in [1.29, 1.82) is 0 Å². The molecule has 248 valence electrons. The Kier molecular flexibility index (Phi) is 14.2. The Morgan fingerprint density at radius 2 is 1.74 bits per heavy atom. The number of aliphatic imine (C=N–C) groups is 1. The third-order valence-electron chi connectivity index (χ3n) is 8.94. The van der Waals surface area contributed by atoms with Gasteiger partial charge in [-0.1, -0.05) is 105 Å². The molecule has 3 aromatic rings. The molecule has 0 radical (unpaired) electrons. The Bertz CT molecular complexity index is 1430. The summed E-state index contributed by atoms with van der Waals surface area (Å²) >= 11 is 0. The van der Waals surface area contributed by atoms with Crippen LogP contribution in [0.4, 0.5) is 5.82 Å². The highest BCUT2D eigenvalue weighted by atomic mass is 16.4. The number of carboxylic acid groups (broad SMARTS) is 1. The number of carbonyl (C=O) groups is 2. The van der Waals surface area contributed by atoms with E-state index >= 15 is 0 Å². The summed E-state index contributed by atoms with van der Waals surface area (Å²) in [5, 5.41) is 29.4. The summed E-state index contributed by atoms with van der Waals surface area (Å²) in [6.07, 6.45) is 16.7. The zero-order valence-corrected chi connectivity index (χ0v) is 26.9. The van der Waals surface area contributed by atoms with Crippen LogP contribution in [0.25, 0.3) is 16.1 Å². The molecular weight excluding hydrogens is 578 g/mol. The van der Waals surface area contributed by atoms with Crippen LogP contribution in [0.2, 0.25) is 0 Å². The molecule has 6 N–H and O–H groups in total. The summed E-state index contributed by atoms with van der Waals surface area (Å²) in [6, 6.07) is 16.0. The molecule has 1 aliphatic heterocycles. The first kappa shape index (κ1) is 34.8. The second kappa shape index (κ2) is 18.8. The predicted octanol–water partition coefficient (Wildman–Crippen LogP) is 7.04. The number of aldehydes is 1. The van der Waals surface area contributed by atoms with E-state index in [4.69, 9.17) is 16.2 Å². The number of carboxylic acids is 1. The van der Waals surface area contributed by atoms with Gasteiger partial charge in [0.2, 0.25) is 0 Å². The fourth-order valence-corrected chi connectivity index (χ4v) is 6.50. The zero-order chi connectivity index (χ0) is 32.6. The number of aliphatic carboxylic acids is 1. The number of carbonyl (C=O) groups excluding carboxylic acids is 1. The van der Waals surface area contributed by atoms with Crippen molar-refractivity contribution in [3.8, 4) is 0 Å². The highest BCUT2D eigenvalue weighted by Crippen LogP contribution is 2.36. The SMILES string of the molecule is NC1=NCC[C@H](/C(=C\C(=O)O)[C@H](CC[C@H](CCCCCCCCCCO)c2ccc3ccc(CC=O)cc3c2)[N-]c2ccc[nH]2)N1. The number of hydrogen-bond donors (Lipinski definition) is 5. The van der Waals surface area contributed by atoms with Crippen molar-refractivity contribution in [1.82, 2.24) is 10.3 Å². The molecule has 0 bridgehead atoms. The third-order valence-corrected chi connectivity index (χ3v) is 8.94. The van der Waals surface area contributed by atoms with Gasteiger partial charge in [0.15, 0.2) is 5.96 Å². The van der Waals surface area contributed by atoms with Gasteiger partial charge in [0, 0.05) is 25.6 Å². The maximum absolute atomic E-state index is 12.1. The molecule has 4 rings (SSSR count). The van der Waals surface area contributed by atoms with Crippen molar-refractivity contribution in [2.75, 3.05) is 13.2 Å². The van der Waals surface area contributed by atoms with Gasteiger partial charge >= 0.3 is 5.97 Å². The summed E-state index contributed by atoms with van der Waals surface area (Å²) in [5.74, 6) is 0.297. The molecule has 3 atom stereocenters. The van der Waals surface area contributed by atoms with Crippen LogP contribution in [0.3, 0.4) is 0 Å². The second-order valence-corrected chi connectivity index (χ2v) is 12.4. The largest absolute Gasteiger partial charge is 0.478 e. The highest BCUT2D eigenvalue weighted by Gasteiger charge is 2.25. The van der Waals surface area contributed by atoms with E-state index in [-0.39, 0.29) is 24.6 Å². The topological polar surface area (TPSA) is 155 Å². The van der Waals surface area contributed by atoms with Crippen molar-refractivity contribution in [3.63, 3.8) is 0 Å². The van der Waals surface area contributed by atoms with E-state index < -0.39 is 5.97 Å².